The van der Waals surface area contributed by atoms with Gasteiger partial charge >= 0.3 is 0 Å². The van der Waals surface area contributed by atoms with Crippen molar-refractivity contribution in [1.82, 2.24) is 0 Å². The Morgan fingerprint density at radius 3 is 2.50 bits per heavy atom. The van der Waals surface area contributed by atoms with E-state index in [2.05, 4.69) is 36.6 Å². The van der Waals surface area contributed by atoms with Gasteiger partial charge in [-0.1, -0.05) is 24.3 Å². The van der Waals surface area contributed by atoms with Crippen LogP contribution >= 0.6 is 11.3 Å². The highest BCUT2D eigenvalue weighted by molar-refractivity contribution is 7.13. The number of hydrogen-bond acceptors (Lipinski definition) is 1. The van der Waals surface area contributed by atoms with Crippen molar-refractivity contribution in [3.63, 3.8) is 0 Å². The quantitative estimate of drug-likeness (QED) is 0.619. The largest absolute Gasteiger partial charge is 0.144 e. The van der Waals surface area contributed by atoms with Crippen LogP contribution in [0.2, 0.25) is 0 Å². The minimum atomic E-state index is 1.29. The second-order valence-electron chi connectivity index (χ2n) is 2.72. The number of hydrogen-bond donors (Lipinski definition) is 0. The minimum absolute atomic E-state index is 1.29. The Morgan fingerprint density at radius 2 is 1.92 bits per heavy atom. The predicted octanol–water partition coefficient (Wildman–Crippen LogP) is 3.52. The van der Waals surface area contributed by atoms with Crippen LogP contribution in [0.1, 0.15) is 5.56 Å². The number of aryl methyl sites for hydroxylation is 1. The highest BCUT2D eigenvalue weighted by Gasteiger charge is 2.00. The van der Waals surface area contributed by atoms with Crippen molar-refractivity contribution in [2.45, 2.75) is 6.92 Å². The van der Waals surface area contributed by atoms with Crippen LogP contribution in [0, 0.1) is 13.0 Å². The fraction of sp³-hybridized carbons (Fsp3) is 0.0909. The lowest BCUT2D eigenvalue weighted by atomic mass is 10.1. The van der Waals surface area contributed by atoms with E-state index in [9.17, 15) is 0 Å². The van der Waals surface area contributed by atoms with Gasteiger partial charge < -0.3 is 0 Å². The van der Waals surface area contributed by atoms with Gasteiger partial charge in [-0.25, -0.2) is 0 Å². The molecule has 1 aromatic heterocycles. The molecule has 0 unspecified atom stereocenters. The van der Waals surface area contributed by atoms with Gasteiger partial charge in [-0.3, -0.25) is 0 Å². The van der Waals surface area contributed by atoms with Crippen LogP contribution in [-0.2, 0) is 0 Å². The molecule has 0 aliphatic carbocycles. The third kappa shape index (κ3) is 1.28. The first-order chi connectivity index (χ1) is 5.88. The van der Waals surface area contributed by atoms with E-state index in [1.165, 1.54) is 16.0 Å². The highest BCUT2D eigenvalue weighted by atomic mass is 32.1. The van der Waals surface area contributed by atoms with Crippen molar-refractivity contribution in [3.8, 4) is 10.4 Å². The third-order valence-electron chi connectivity index (χ3n) is 1.84. The molecule has 2 rings (SSSR count). The fourth-order valence-electron chi connectivity index (χ4n) is 1.21. The molecule has 0 atom stereocenters. The van der Waals surface area contributed by atoms with E-state index in [1.807, 2.05) is 12.1 Å². The standard InChI is InChI=1S/C11H9S/c1-9-7-8-12-11(9)10-5-3-2-4-6-10/h3-8H,1H3. The van der Waals surface area contributed by atoms with Crippen LogP contribution in [0.4, 0.5) is 0 Å². The third-order valence-corrected chi connectivity index (χ3v) is 2.91. The Labute approximate surface area is 76.5 Å². The Morgan fingerprint density at radius 1 is 1.17 bits per heavy atom. The molecule has 1 radical (unpaired) electrons. The lowest BCUT2D eigenvalue weighted by Crippen LogP contribution is -1.73. The fourth-order valence-corrected chi connectivity index (χ4v) is 2.14. The molecule has 0 fully saturated rings. The van der Waals surface area contributed by atoms with E-state index in [0.29, 0.717) is 0 Å². The SMILES string of the molecule is Cc1ccsc1-c1cc[c]cc1. The van der Waals surface area contributed by atoms with Gasteiger partial charge in [0.1, 0.15) is 0 Å². The highest BCUT2D eigenvalue weighted by Crippen LogP contribution is 2.28. The second-order valence-corrected chi connectivity index (χ2v) is 3.64. The molecule has 0 bridgehead atoms. The first-order valence-electron chi connectivity index (χ1n) is 3.88. The second kappa shape index (κ2) is 3.11. The van der Waals surface area contributed by atoms with E-state index >= 15 is 0 Å². The summed E-state index contributed by atoms with van der Waals surface area (Å²) in [5.41, 5.74) is 2.65. The summed E-state index contributed by atoms with van der Waals surface area (Å²) in [4.78, 5) is 1.36. The molecule has 0 nitrogen and oxygen atoms in total. The summed E-state index contributed by atoms with van der Waals surface area (Å²) in [7, 11) is 0. The molecule has 12 heavy (non-hydrogen) atoms. The maximum absolute atomic E-state index is 3.02. The molecule has 0 saturated carbocycles. The summed E-state index contributed by atoms with van der Waals surface area (Å²) >= 11 is 1.79. The van der Waals surface area contributed by atoms with Gasteiger partial charge in [-0.15, -0.1) is 11.3 Å². The van der Waals surface area contributed by atoms with Crippen LogP contribution in [0.3, 0.4) is 0 Å². The monoisotopic (exact) mass is 173 g/mol. The molecular formula is C11H9S. The van der Waals surface area contributed by atoms with Crippen LogP contribution in [0.15, 0.2) is 35.7 Å². The maximum Gasteiger partial charge on any atom is 0.0371 e. The zero-order valence-electron chi connectivity index (χ0n) is 6.87. The molecule has 0 aliphatic rings. The van der Waals surface area contributed by atoms with Crippen molar-refractivity contribution in [2.75, 3.05) is 0 Å². The summed E-state index contributed by atoms with van der Waals surface area (Å²) in [6.07, 6.45) is 0. The van der Waals surface area contributed by atoms with Gasteiger partial charge in [0, 0.05) is 4.88 Å². The van der Waals surface area contributed by atoms with Crippen molar-refractivity contribution < 1.29 is 0 Å². The summed E-state index contributed by atoms with van der Waals surface area (Å²) in [6.45, 7) is 2.14. The van der Waals surface area contributed by atoms with Gasteiger partial charge in [0.15, 0.2) is 0 Å². The van der Waals surface area contributed by atoms with E-state index in [4.69, 9.17) is 0 Å². The van der Waals surface area contributed by atoms with Crippen molar-refractivity contribution >= 4 is 11.3 Å². The molecule has 1 aromatic carbocycles. The van der Waals surface area contributed by atoms with E-state index in [-0.39, 0.29) is 0 Å². The molecule has 0 aliphatic heterocycles. The number of rotatable bonds is 1. The zero-order valence-corrected chi connectivity index (χ0v) is 7.69. The van der Waals surface area contributed by atoms with Crippen LogP contribution in [-0.4, -0.2) is 0 Å². The number of thiophene rings is 1. The topological polar surface area (TPSA) is 0 Å². The Hall–Kier alpha value is -1.08. The lowest BCUT2D eigenvalue weighted by Gasteiger charge is -1.97. The Bertz CT molecular complexity index is 360. The molecule has 59 valence electrons. The van der Waals surface area contributed by atoms with Crippen molar-refractivity contribution in [1.29, 1.82) is 0 Å². The maximum atomic E-state index is 3.02. The Balaban J connectivity index is 2.51. The molecule has 1 heterocycles. The normalized spacial score (nSPS) is 10.1. The zero-order chi connectivity index (χ0) is 8.39. The van der Waals surface area contributed by atoms with Crippen molar-refractivity contribution in [3.05, 3.63) is 47.3 Å². The molecule has 1 heteroatoms. The van der Waals surface area contributed by atoms with Gasteiger partial charge in [0.05, 0.1) is 0 Å². The molecule has 0 amide bonds. The molecule has 0 saturated heterocycles. The average molecular weight is 173 g/mol. The smallest absolute Gasteiger partial charge is 0.0371 e. The molecule has 0 spiro atoms. The molecule has 0 N–H and O–H groups in total. The lowest BCUT2D eigenvalue weighted by molar-refractivity contribution is 1.54. The van der Waals surface area contributed by atoms with Crippen LogP contribution in [0.25, 0.3) is 10.4 Å². The van der Waals surface area contributed by atoms with Gasteiger partial charge in [-0.2, -0.15) is 0 Å². The van der Waals surface area contributed by atoms with Gasteiger partial charge in [0.25, 0.3) is 0 Å². The van der Waals surface area contributed by atoms with Crippen LogP contribution in [0.5, 0.6) is 0 Å². The summed E-state index contributed by atoms with van der Waals surface area (Å²) < 4.78 is 0. The van der Waals surface area contributed by atoms with Crippen LogP contribution < -0.4 is 0 Å². The first kappa shape index (κ1) is 7.56. The summed E-state index contributed by atoms with van der Waals surface area (Å²) in [5.74, 6) is 0. The summed E-state index contributed by atoms with van der Waals surface area (Å²) in [6, 6.07) is 13.3. The first-order valence-corrected chi connectivity index (χ1v) is 4.76. The van der Waals surface area contributed by atoms with E-state index < -0.39 is 0 Å². The molecular weight excluding hydrogens is 164 g/mol. The van der Waals surface area contributed by atoms with Crippen molar-refractivity contribution in [2.24, 2.45) is 0 Å². The average Bonchev–Trinajstić information content (AvgIpc) is 2.53. The number of benzene rings is 1. The molecule has 2 aromatic rings. The van der Waals surface area contributed by atoms with E-state index in [1.54, 1.807) is 11.3 Å². The van der Waals surface area contributed by atoms with Gasteiger partial charge in [0.2, 0.25) is 0 Å². The summed E-state index contributed by atoms with van der Waals surface area (Å²) in [5, 5.41) is 2.13. The van der Waals surface area contributed by atoms with Gasteiger partial charge in [-0.05, 0) is 35.6 Å². The van der Waals surface area contributed by atoms with E-state index in [0.717, 1.165) is 0 Å². The Kier molecular flexibility index (Phi) is 1.96. The predicted molar refractivity (Wildman–Crippen MR) is 53.3 cm³/mol. The minimum Gasteiger partial charge on any atom is -0.144 e.